The largest absolute Gasteiger partial charge is 0.480 e. The molecule has 1 aromatic carbocycles. The molecule has 0 fully saturated rings. The van der Waals surface area contributed by atoms with Crippen LogP contribution in [0.1, 0.15) is 36.5 Å². The number of nitrogens with zero attached hydrogens (tertiary/aromatic N) is 2. The molecular weight excluding hydrogens is 313 g/mol. The van der Waals surface area contributed by atoms with Crippen LogP contribution in [0.4, 0.5) is 4.39 Å². The Balaban J connectivity index is 2.20. The van der Waals surface area contributed by atoms with Gasteiger partial charge in [0, 0.05) is 5.69 Å². The first kappa shape index (κ1) is 17.7. The highest BCUT2D eigenvalue weighted by Gasteiger charge is 2.23. The molecule has 0 bridgehead atoms. The Morgan fingerprint density at radius 3 is 2.46 bits per heavy atom. The molecule has 128 valence electrons. The van der Waals surface area contributed by atoms with Gasteiger partial charge in [0.1, 0.15) is 11.9 Å². The maximum Gasteiger partial charge on any atom is 0.326 e. The van der Waals surface area contributed by atoms with E-state index >= 15 is 0 Å². The van der Waals surface area contributed by atoms with Crippen molar-refractivity contribution in [2.45, 2.75) is 33.2 Å². The first-order chi connectivity index (χ1) is 11.3. The van der Waals surface area contributed by atoms with Crippen LogP contribution in [0.2, 0.25) is 0 Å². The van der Waals surface area contributed by atoms with E-state index in [0.29, 0.717) is 17.8 Å². The number of benzene rings is 1. The van der Waals surface area contributed by atoms with Crippen molar-refractivity contribution in [1.29, 1.82) is 0 Å². The SMILES string of the molecule is Cc1cc(C(=O)N[C@H](CC(C)C)C(=O)O)nn1-c1ccc(F)cc1. The minimum atomic E-state index is -1.08. The number of nitrogens with one attached hydrogen (secondary N) is 1. The van der Waals surface area contributed by atoms with Gasteiger partial charge < -0.3 is 10.4 Å². The number of carboxylic acid groups (broad SMARTS) is 1. The topological polar surface area (TPSA) is 84.2 Å². The van der Waals surface area contributed by atoms with Gasteiger partial charge in [0.05, 0.1) is 5.69 Å². The molecule has 0 unspecified atom stereocenters. The molecule has 7 heteroatoms. The van der Waals surface area contributed by atoms with Gasteiger partial charge in [0.15, 0.2) is 5.69 Å². The Bertz CT molecular complexity index is 738. The summed E-state index contributed by atoms with van der Waals surface area (Å²) in [5.74, 6) is -1.86. The van der Waals surface area contributed by atoms with Gasteiger partial charge in [-0.1, -0.05) is 13.8 Å². The van der Waals surface area contributed by atoms with Crippen molar-refractivity contribution in [3.63, 3.8) is 0 Å². The Morgan fingerprint density at radius 1 is 1.29 bits per heavy atom. The highest BCUT2D eigenvalue weighted by Crippen LogP contribution is 2.13. The average molecular weight is 333 g/mol. The van der Waals surface area contributed by atoms with E-state index in [1.165, 1.54) is 16.8 Å². The number of aryl methyl sites for hydroxylation is 1. The molecule has 2 N–H and O–H groups in total. The number of amides is 1. The zero-order chi connectivity index (χ0) is 17.9. The highest BCUT2D eigenvalue weighted by atomic mass is 19.1. The van der Waals surface area contributed by atoms with Crippen molar-refractivity contribution in [1.82, 2.24) is 15.1 Å². The minimum Gasteiger partial charge on any atom is -0.480 e. The molecule has 0 spiro atoms. The minimum absolute atomic E-state index is 0.117. The highest BCUT2D eigenvalue weighted by molar-refractivity contribution is 5.95. The van der Waals surface area contributed by atoms with Crippen LogP contribution in [-0.2, 0) is 4.79 Å². The quantitative estimate of drug-likeness (QED) is 0.851. The lowest BCUT2D eigenvalue weighted by atomic mass is 10.0. The normalized spacial score (nSPS) is 12.2. The molecule has 6 nitrogen and oxygen atoms in total. The van der Waals surface area contributed by atoms with E-state index in [1.807, 2.05) is 13.8 Å². The van der Waals surface area contributed by atoms with Crippen LogP contribution >= 0.6 is 0 Å². The van der Waals surface area contributed by atoms with E-state index in [0.717, 1.165) is 0 Å². The fourth-order valence-electron chi connectivity index (χ4n) is 2.35. The van der Waals surface area contributed by atoms with Crippen LogP contribution in [0.5, 0.6) is 0 Å². The predicted octanol–water partition coefficient (Wildman–Crippen LogP) is 2.55. The van der Waals surface area contributed by atoms with Crippen LogP contribution in [-0.4, -0.2) is 32.8 Å². The maximum absolute atomic E-state index is 13.0. The molecule has 0 aliphatic carbocycles. The third-order valence-electron chi connectivity index (χ3n) is 3.50. The van der Waals surface area contributed by atoms with Gasteiger partial charge >= 0.3 is 5.97 Å². The van der Waals surface area contributed by atoms with Crippen molar-refractivity contribution >= 4 is 11.9 Å². The van der Waals surface area contributed by atoms with Gasteiger partial charge in [0.25, 0.3) is 5.91 Å². The second-order valence-corrected chi connectivity index (χ2v) is 6.05. The van der Waals surface area contributed by atoms with E-state index in [4.69, 9.17) is 0 Å². The lowest BCUT2D eigenvalue weighted by molar-refractivity contribution is -0.139. The summed E-state index contributed by atoms with van der Waals surface area (Å²) in [6, 6.07) is 6.31. The summed E-state index contributed by atoms with van der Waals surface area (Å²) < 4.78 is 14.5. The number of aromatic nitrogens is 2. The fraction of sp³-hybridized carbons (Fsp3) is 0.353. The van der Waals surface area contributed by atoms with Crippen LogP contribution in [0, 0.1) is 18.7 Å². The lowest BCUT2D eigenvalue weighted by Gasteiger charge is -2.15. The standard InChI is InChI=1S/C17H20FN3O3/c1-10(2)8-15(17(23)24)19-16(22)14-9-11(3)21(20-14)13-6-4-12(18)5-7-13/h4-7,9-10,15H,8H2,1-3H3,(H,19,22)(H,23,24)/t15-/m1/s1. The molecule has 2 aromatic rings. The molecule has 2 rings (SSSR count). The van der Waals surface area contributed by atoms with Crippen molar-refractivity contribution in [3.8, 4) is 5.69 Å². The first-order valence-electron chi connectivity index (χ1n) is 7.64. The van der Waals surface area contributed by atoms with Crippen molar-refractivity contribution in [2.24, 2.45) is 5.92 Å². The van der Waals surface area contributed by atoms with Gasteiger partial charge in [-0.2, -0.15) is 5.10 Å². The van der Waals surface area contributed by atoms with Gasteiger partial charge in [-0.25, -0.2) is 13.9 Å². The zero-order valence-electron chi connectivity index (χ0n) is 13.8. The number of halogens is 1. The van der Waals surface area contributed by atoms with E-state index in [1.54, 1.807) is 25.1 Å². The predicted molar refractivity (Wildman–Crippen MR) is 86.6 cm³/mol. The molecule has 0 aliphatic rings. The molecule has 1 heterocycles. The second-order valence-electron chi connectivity index (χ2n) is 6.05. The Hall–Kier alpha value is -2.70. The van der Waals surface area contributed by atoms with E-state index < -0.39 is 17.9 Å². The van der Waals surface area contributed by atoms with Gasteiger partial charge in [-0.15, -0.1) is 0 Å². The Morgan fingerprint density at radius 2 is 1.92 bits per heavy atom. The van der Waals surface area contributed by atoms with Crippen molar-refractivity contribution in [3.05, 3.63) is 47.5 Å². The molecule has 1 amide bonds. The number of carbonyl (C=O) groups excluding carboxylic acids is 1. The molecule has 0 radical (unpaired) electrons. The Labute approximate surface area is 139 Å². The summed E-state index contributed by atoms with van der Waals surface area (Å²) in [6.45, 7) is 5.53. The third kappa shape index (κ3) is 4.18. The van der Waals surface area contributed by atoms with Crippen LogP contribution in [0.3, 0.4) is 0 Å². The Kier molecular flexibility index (Phi) is 5.33. The summed E-state index contributed by atoms with van der Waals surface area (Å²) in [5.41, 5.74) is 1.42. The van der Waals surface area contributed by atoms with Gasteiger partial charge in [-0.05, 0) is 49.6 Å². The van der Waals surface area contributed by atoms with Gasteiger partial charge in [0.2, 0.25) is 0 Å². The second kappa shape index (κ2) is 7.25. The molecule has 24 heavy (non-hydrogen) atoms. The fourth-order valence-corrected chi connectivity index (χ4v) is 2.35. The molecule has 1 aromatic heterocycles. The summed E-state index contributed by atoms with van der Waals surface area (Å²) in [7, 11) is 0. The van der Waals surface area contributed by atoms with Crippen molar-refractivity contribution in [2.75, 3.05) is 0 Å². The maximum atomic E-state index is 13.0. The smallest absolute Gasteiger partial charge is 0.326 e. The first-order valence-corrected chi connectivity index (χ1v) is 7.64. The number of hydrogen-bond acceptors (Lipinski definition) is 3. The summed E-state index contributed by atoms with van der Waals surface area (Å²) in [5, 5.41) is 15.9. The van der Waals surface area contributed by atoms with E-state index in [9.17, 15) is 19.1 Å². The average Bonchev–Trinajstić information content (AvgIpc) is 2.89. The molecule has 0 aliphatic heterocycles. The third-order valence-corrected chi connectivity index (χ3v) is 3.50. The molecule has 0 saturated carbocycles. The number of aliphatic carboxylic acids is 1. The van der Waals surface area contributed by atoms with Crippen LogP contribution < -0.4 is 5.32 Å². The number of carbonyl (C=O) groups is 2. The molecular formula is C17H20FN3O3. The lowest BCUT2D eigenvalue weighted by Crippen LogP contribution is -2.41. The zero-order valence-corrected chi connectivity index (χ0v) is 13.8. The number of hydrogen-bond donors (Lipinski definition) is 2. The summed E-state index contributed by atoms with van der Waals surface area (Å²) >= 11 is 0. The number of carboxylic acids is 1. The van der Waals surface area contributed by atoms with Crippen molar-refractivity contribution < 1.29 is 19.1 Å². The summed E-state index contributed by atoms with van der Waals surface area (Å²) in [6.07, 6.45) is 0.332. The molecule has 0 saturated heterocycles. The van der Waals surface area contributed by atoms with Crippen LogP contribution in [0.15, 0.2) is 30.3 Å². The molecule has 1 atom stereocenters. The summed E-state index contributed by atoms with van der Waals surface area (Å²) in [4.78, 5) is 23.5. The monoisotopic (exact) mass is 333 g/mol. The van der Waals surface area contributed by atoms with Crippen LogP contribution in [0.25, 0.3) is 5.69 Å². The van der Waals surface area contributed by atoms with E-state index in [2.05, 4.69) is 10.4 Å². The number of rotatable bonds is 6. The van der Waals surface area contributed by atoms with Gasteiger partial charge in [-0.3, -0.25) is 4.79 Å². The van der Waals surface area contributed by atoms with E-state index in [-0.39, 0.29) is 17.4 Å².